The molecule has 0 aromatic heterocycles. The molecule has 1 atom stereocenters. The summed E-state index contributed by atoms with van der Waals surface area (Å²) in [5.41, 5.74) is 0. The molecular weight excluding hydrogens is 218 g/mol. The zero-order chi connectivity index (χ0) is 12.8. The van der Waals surface area contributed by atoms with Gasteiger partial charge in [0.25, 0.3) is 0 Å². The van der Waals surface area contributed by atoms with Crippen LogP contribution in [0.4, 0.5) is 0 Å². The number of carbonyl (C=O) groups is 2. The summed E-state index contributed by atoms with van der Waals surface area (Å²) in [5.74, 6) is -0.135. The number of carboxylic acid groups (broad SMARTS) is 1. The highest BCUT2D eigenvalue weighted by atomic mass is 16.4. The molecule has 1 N–H and O–H groups in total. The Morgan fingerprint density at radius 3 is 2.41 bits per heavy atom. The maximum atomic E-state index is 12.0. The van der Waals surface area contributed by atoms with Gasteiger partial charge < -0.3 is 10.0 Å². The van der Waals surface area contributed by atoms with Gasteiger partial charge in [0.15, 0.2) is 0 Å². The van der Waals surface area contributed by atoms with Gasteiger partial charge in [-0.1, -0.05) is 20.3 Å². The monoisotopic (exact) mass is 241 g/mol. The summed E-state index contributed by atoms with van der Waals surface area (Å²) in [6.07, 6.45) is 3.87. The molecule has 1 unspecified atom stereocenters. The molecule has 1 aliphatic heterocycles. The van der Waals surface area contributed by atoms with Gasteiger partial charge in [-0.15, -0.1) is 0 Å². The van der Waals surface area contributed by atoms with Gasteiger partial charge in [-0.3, -0.25) is 9.59 Å². The average molecular weight is 241 g/mol. The fourth-order valence-electron chi connectivity index (χ4n) is 2.47. The van der Waals surface area contributed by atoms with E-state index in [0.29, 0.717) is 0 Å². The van der Waals surface area contributed by atoms with Gasteiger partial charge in [-0.2, -0.15) is 0 Å². The Bertz CT molecular complexity index is 270. The van der Waals surface area contributed by atoms with Gasteiger partial charge in [-0.05, 0) is 25.2 Å². The van der Waals surface area contributed by atoms with Crippen molar-refractivity contribution in [1.82, 2.24) is 4.90 Å². The molecule has 4 heteroatoms. The van der Waals surface area contributed by atoms with Crippen molar-refractivity contribution in [3.63, 3.8) is 0 Å². The van der Waals surface area contributed by atoms with Gasteiger partial charge in [0.2, 0.25) is 5.91 Å². The van der Waals surface area contributed by atoms with Crippen LogP contribution >= 0.6 is 0 Å². The van der Waals surface area contributed by atoms with Crippen molar-refractivity contribution in [3.05, 3.63) is 0 Å². The van der Waals surface area contributed by atoms with Crippen LogP contribution in [0.5, 0.6) is 0 Å². The van der Waals surface area contributed by atoms with Gasteiger partial charge in [0.1, 0.15) is 0 Å². The predicted octanol–water partition coefficient (Wildman–Crippen LogP) is 2.14. The normalized spacial score (nSPS) is 19.1. The lowest BCUT2D eigenvalue weighted by Gasteiger charge is -2.33. The second-order valence-corrected chi connectivity index (χ2v) is 5.06. The topological polar surface area (TPSA) is 57.6 Å². The summed E-state index contributed by atoms with van der Waals surface area (Å²) in [6.45, 7) is 5.52. The first-order valence-electron chi connectivity index (χ1n) is 6.55. The van der Waals surface area contributed by atoms with Crippen molar-refractivity contribution < 1.29 is 14.7 Å². The molecule has 1 fully saturated rings. The van der Waals surface area contributed by atoms with Gasteiger partial charge in [0.05, 0.1) is 0 Å². The number of rotatable bonds is 5. The third-order valence-electron chi connectivity index (χ3n) is 3.53. The van der Waals surface area contributed by atoms with Crippen molar-refractivity contribution in [3.8, 4) is 0 Å². The van der Waals surface area contributed by atoms with Crippen LogP contribution in [0.15, 0.2) is 0 Å². The van der Waals surface area contributed by atoms with Crippen LogP contribution in [0.25, 0.3) is 0 Å². The summed E-state index contributed by atoms with van der Waals surface area (Å²) >= 11 is 0. The first kappa shape index (κ1) is 14.0. The highest BCUT2D eigenvalue weighted by molar-refractivity contribution is 5.78. The van der Waals surface area contributed by atoms with E-state index >= 15 is 0 Å². The maximum Gasteiger partial charge on any atom is 0.303 e. The minimum Gasteiger partial charge on any atom is -0.481 e. The Hall–Kier alpha value is -1.06. The quantitative estimate of drug-likeness (QED) is 0.802. The number of aliphatic carboxylic acids is 1. The van der Waals surface area contributed by atoms with Gasteiger partial charge in [0, 0.05) is 25.4 Å². The van der Waals surface area contributed by atoms with E-state index in [1.165, 1.54) is 0 Å². The molecule has 1 rings (SSSR count). The molecule has 98 valence electrons. The Balaban J connectivity index is 2.35. The van der Waals surface area contributed by atoms with Crippen LogP contribution in [0, 0.1) is 11.8 Å². The number of piperidine rings is 1. The van der Waals surface area contributed by atoms with Crippen LogP contribution in [-0.2, 0) is 9.59 Å². The molecule has 1 amide bonds. The van der Waals surface area contributed by atoms with E-state index < -0.39 is 5.97 Å². The lowest BCUT2D eigenvalue weighted by molar-refractivity contribution is -0.139. The highest BCUT2D eigenvalue weighted by Gasteiger charge is 2.26. The first-order chi connectivity index (χ1) is 8.04. The fourth-order valence-corrected chi connectivity index (χ4v) is 2.47. The molecule has 17 heavy (non-hydrogen) atoms. The van der Waals surface area contributed by atoms with E-state index in [1.54, 1.807) is 0 Å². The Morgan fingerprint density at radius 1 is 1.35 bits per heavy atom. The molecule has 0 bridgehead atoms. The lowest BCUT2D eigenvalue weighted by atomic mass is 9.92. The summed E-state index contributed by atoms with van der Waals surface area (Å²) in [4.78, 5) is 24.5. The summed E-state index contributed by atoms with van der Waals surface area (Å²) in [7, 11) is 0. The van der Waals surface area contributed by atoms with Crippen molar-refractivity contribution >= 4 is 11.9 Å². The molecule has 0 spiro atoms. The summed E-state index contributed by atoms with van der Waals surface area (Å²) in [5, 5.41) is 8.72. The molecule has 0 aromatic carbocycles. The van der Waals surface area contributed by atoms with Gasteiger partial charge >= 0.3 is 5.97 Å². The zero-order valence-corrected chi connectivity index (χ0v) is 10.8. The van der Waals surface area contributed by atoms with E-state index in [4.69, 9.17) is 5.11 Å². The Morgan fingerprint density at radius 2 is 1.94 bits per heavy atom. The number of hydrogen-bond acceptors (Lipinski definition) is 2. The van der Waals surface area contributed by atoms with Gasteiger partial charge in [-0.25, -0.2) is 0 Å². The van der Waals surface area contributed by atoms with Crippen LogP contribution in [0.2, 0.25) is 0 Å². The molecule has 0 radical (unpaired) electrons. The molecular formula is C13H23NO3. The minimum absolute atomic E-state index is 0.107. The third kappa shape index (κ3) is 4.36. The maximum absolute atomic E-state index is 12.0. The molecule has 1 aliphatic rings. The minimum atomic E-state index is -0.728. The average Bonchev–Trinajstić information content (AvgIpc) is 2.28. The van der Waals surface area contributed by atoms with Crippen LogP contribution in [-0.4, -0.2) is 35.0 Å². The molecule has 0 saturated carbocycles. The summed E-state index contributed by atoms with van der Waals surface area (Å²) < 4.78 is 0. The molecule has 1 saturated heterocycles. The number of carbonyl (C=O) groups excluding carboxylic acids is 1. The smallest absolute Gasteiger partial charge is 0.303 e. The number of amides is 1. The van der Waals surface area contributed by atoms with Crippen molar-refractivity contribution in [2.45, 2.75) is 46.0 Å². The van der Waals surface area contributed by atoms with Crippen molar-refractivity contribution in [1.29, 1.82) is 0 Å². The second-order valence-electron chi connectivity index (χ2n) is 5.06. The molecule has 0 aromatic rings. The standard InChI is InChI=1S/C13H23NO3/c1-3-4-10(2)13(17)14-7-5-11(6-8-14)9-12(15)16/h10-11H,3-9H2,1-2H3,(H,15,16). The van der Waals surface area contributed by atoms with E-state index in [0.717, 1.165) is 38.8 Å². The number of carboxylic acids is 1. The molecule has 4 nitrogen and oxygen atoms in total. The Kier molecular flexibility index (Phi) is 5.45. The van der Waals surface area contributed by atoms with E-state index in [1.807, 2.05) is 11.8 Å². The Labute approximate surface area is 103 Å². The van der Waals surface area contributed by atoms with E-state index in [-0.39, 0.29) is 24.2 Å². The van der Waals surface area contributed by atoms with Crippen LogP contribution in [0.3, 0.4) is 0 Å². The van der Waals surface area contributed by atoms with E-state index in [9.17, 15) is 9.59 Å². The first-order valence-corrected chi connectivity index (χ1v) is 6.55. The van der Waals surface area contributed by atoms with Crippen molar-refractivity contribution in [2.75, 3.05) is 13.1 Å². The SMILES string of the molecule is CCCC(C)C(=O)N1CCC(CC(=O)O)CC1. The second kappa shape index (κ2) is 6.62. The molecule has 1 heterocycles. The molecule has 0 aliphatic carbocycles. The largest absolute Gasteiger partial charge is 0.481 e. The lowest BCUT2D eigenvalue weighted by Crippen LogP contribution is -2.41. The predicted molar refractivity (Wildman–Crippen MR) is 65.6 cm³/mol. The number of likely N-dealkylation sites (tertiary alicyclic amines) is 1. The summed E-state index contributed by atoms with van der Waals surface area (Å²) in [6, 6.07) is 0. The van der Waals surface area contributed by atoms with Crippen LogP contribution < -0.4 is 0 Å². The van der Waals surface area contributed by atoms with Crippen LogP contribution in [0.1, 0.15) is 46.0 Å². The fraction of sp³-hybridized carbons (Fsp3) is 0.846. The van der Waals surface area contributed by atoms with Crippen molar-refractivity contribution in [2.24, 2.45) is 11.8 Å². The zero-order valence-electron chi connectivity index (χ0n) is 10.8. The number of nitrogens with zero attached hydrogens (tertiary/aromatic N) is 1. The third-order valence-corrected chi connectivity index (χ3v) is 3.53. The number of hydrogen-bond donors (Lipinski definition) is 1. The van der Waals surface area contributed by atoms with E-state index in [2.05, 4.69) is 6.92 Å². The highest BCUT2D eigenvalue weighted by Crippen LogP contribution is 2.22.